The van der Waals surface area contributed by atoms with E-state index >= 15 is 0 Å². The molecule has 2 heterocycles. The third-order valence-electron chi connectivity index (χ3n) is 4.56. The van der Waals surface area contributed by atoms with Crippen LogP contribution in [0.1, 0.15) is 30.9 Å². The lowest BCUT2D eigenvalue weighted by atomic mass is 9.68. The molecule has 104 valence electrons. The van der Waals surface area contributed by atoms with E-state index in [1.165, 1.54) is 12.1 Å². The van der Waals surface area contributed by atoms with Crippen LogP contribution in [-0.2, 0) is 4.74 Å². The first kappa shape index (κ1) is 13.0. The van der Waals surface area contributed by atoms with Crippen LogP contribution < -0.4 is 5.73 Å². The fraction of sp³-hybridized carbons (Fsp3) is 0.571. The van der Waals surface area contributed by atoms with Gasteiger partial charge in [0.25, 0.3) is 0 Å². The van der Waals surface area contributed by atoms with E-state index in [2.05, 4.69) is 0 Å². The third kappa shape index (κ3) is 1.80. The Labute approximate surface area is 110 Å². The molecule has 3 N–H and O–H groups in total. The van der Waals surface area contributed by atoms with Crippen LogP contribution in [0, 0.1) is 17.0 Å². The highest BCUT2D eigenvalue weighted by Gasteiger charge is 2.56. The van der Waals surface area contributed by atoms with Crippen molar-refractivity contribution in [1.82, 2.24) is 0 Å². The molecule has 1 aromatic carbocycles. The summed E-state index contributed by atoms with van der Waals surface area (Å²) in [4.78, 5) is 0. The van der Waals surface area contributed by atoms with Crippen LogP contribution in [0.15, 0.2) is 18.2 Å². The number of hydrogen-bond acceptors (Lipinski definition) is 3. The fourth-order valence-electron chi connectivity index (χ4n) is 3.49. The molecule has 4 atom stereocenters. The Morgan fingerprint density at radius 2 is 2.21 bits per heavy atom. The Bertz CT molecular complexity index is 496. The van der Waals surface area contributed by atoms with Crippen molar-refractivity contribution in [2.75, 3.05) is 6.54 Å². The summed E-state index contributed by atoms with van der Waals surface area (Å²) < 4.78 is 32.9. The zero-order valence-corrected chi connectivity index (χ0v) is 10.5. The van der Waals surface area contributed by atoms with Gasteiger partial charge in [-0.05, 0) is 25.3 Å². The molecule has 2 saturated heterocycles. The van der Waals surface area contributed by atoms with Gasteiger partial charge in [-0.15, -0.1) is 0 Å². The van der Waals surface area contributed by atoms with Crippen molar-refractivity contribution in [2.24, 2.45) is 11.1 Å². The number of ether oxygens (including phenoxy) is 1. The van der Waals surface area contributed by atoms with Crippen molar-refractivity contribution in [3.05, 3.63) is 35.4 Å². The predicted octanol–water partition coefficient (Wildman–Crippen LogP) is 1.89. The van der Waals surface area contributed by atoms with Crippen molar-refractivity contribution in [2.45, 2.75) is 37.6 Å². The monoisotopic (exact) mass is 269 g/mol. The van der Waals surface area contributed by atoms with Crippen LogP contribution in [0.5, 0.6) is 0 Å². The van der Waals surface area contributed by atoms with Crippen molar-refractivity contribution in [3.8, 4) is 0 Å². The summed E-state index contributed by atoms with van der Waals surface area (Å²) in [6, 6.07) is 3.85. The maximum absolute atomic E-state index is 13.8. The first-order chi connectivity index (χ1) is 9.08. The second kappa shape index (κ2) is 4.51. The van der Waals surface area contributed by atoms with Crippen LogP contribution in [0.3, 0.4) is 0 Å². The van der Waals surface area contributed by atoms with Gasteiger partial charge in [0, 0.05) is 17.5 Å². The Morgan fingerprint density at radius 3 is 2.79 bits per heavy atom. The Hall–Kier alpha value is -1.04. The number of halogens is 2. The molecular weight excluding hydrogens is 252 g/mol. The average Bonchev–Trinajstić information content (AvgIpc) is 3.02. The van der Waals surface area contributed by atoms with E-state index < -0.39 is 23.2 Å². The lowest BCUT2D eigenvalue weighted by Crippen LogP contribution is -2.45. The summed E-state index contributed by atoms with van der Waals surface area (Å²) in [7, 11) is 0. The van der Waals surface area contributed by atoms with Crippen LogP contribution in [0.4, 0.5) is 8.78 Å². The minimum Gasteiger partial charge on any atom is -0.388 e. The number of fused-ring (bicyclic) bond motifs is 2. The maximum atomic E-state index is 13.8. The molecule has 5 heteroatoms. The highest BCUT2D eigenvalue weighted by Crippen LogP contribution is 2.53. The van der Waals surface area contributed by atoms with Gasteiger partial charge >= 0.3 is 0 Å². The van der Waals surface area contributed by atoms with Gasteiger partial charge in [0.2, 0.25) is 0 Å². The Kier molecular flexibility index (Phi) is 3.08. The average molecular weight is 269 g/mol. The molecule has 2 bridgehead atoms. The summed E-state index contributed by atoms with van der Waals surface area (Å²) in [6.45, 7) is 0.200. The molecule has 2 fully saturated rings. The lowest BCUT2D eigenvalue weighted by molar-refractivity contribution is -0.0282. The first-order valence-corrected chi connectivity index (χ1v) is 6.56. The molecule has 0 radical (unpaired) electrons. The minimum atomic E-state index is -1.14. The highest BCUT2D eigenvalue weighted by molar-refractivity contribution is 5.25. The first-order valence-electron chi connectivity index (χ1n) is 6.56. The van der Waals surface area contributed by atoms with E-state index in [0.717, 1.165) is 18.9 Å². The number of benzene rings is 1. The molecule has 2 aliphatic heterocycles. The van der Waals surface area contributed by atoms with Crippen LogP contribution >= 0.6 is 0 Å². The summed E-state index contributed by atoms with van der Waals surface area (Å²) in [5.41, 5.74) is 5.10. The van der Waals surface area contributed by atoms with Gasteiger partial charge < -0.3 is 15.6 Å². The molecule has 3 rings (SSSR count). The van der Waals surface area contributed by atoms with Crippen molar-refractivity contribution in [3.63, 3.8) is 0 Å². The third-order valence-corrected chi connectivity index (χ3v) is 4.56. The standard InChI is InChI=1S/C14H17F2NO2/c15-10-3-1-2-9(12(10)16)13(18)14(7-17)6-8-4-5-11(14)19-8/h1-3,8,11,13,18H,4-7,17H2. The van der Waals surface area contributed by atoms with E-state index in [9.17, 15) is 13.9 Å². The molecule has 0 saturated carbocycles. The maximum Gasteiger partial charge on any atom is 0.164 e. The summed E-state index contributed by atoms with van der Waals surface area (Å²) in [5, 5.41) is 10.5. The number of nitrogens with two attached hydrogens (primary N) is 1. The van der Waals surface area contributed by atoms with E-state index in [4.69, 9.17) is 10.5 Å². The van der Waals surface area contributed by atoms with Gasteiger partial charge in [-0.25, -0.2) is 8.78 Å². The zero-order valence-electron chi connectivity index (χ0n) is 10.5. The summed E-state index contributed by atoms with van der Waals surface area (Å²) in [5.74, 6) is -1.95. The number of rotatable bonds is 3. The molecule has 0 amide bonds. The van der Waals surface area contributed by atoms with Gasteiger partial charge in [-0.1, -0.05) is 12.1 Å². The fourth-order valence-corrected chi connectivity index (χ4v) is 3.49. The van der Waals surface area contributed by atoms with Crippen molar-refractivity contribution < 1.29 is 18.6 Å². The molecule has 19 heavy (non-hydrogen) atoms. The number of aliphatic hydroxyl groups excluding tert-OH is 1. The largest absolute Gasteiger partial charge is 0.388 e. The van der Waals surface area contributed by atoms with E-state index in [-0.39, 0.29) is 24.3 Å². The van der Waals surface area contributed by atoms with Crippen molar-refractivity contribution >= 4 is 0 Å². The van der Waals surface area contributed by atoms with Crippen molar-refractivity contribution in [1.29, 1.82) is 0 Å². The van der Waals surface area contributed by atoms with Gasteiger partial charge in [-0.2, -0.15) is 0 Å². The quantitative estimate of drug-likeness (QED) is 0.881. The zero-order chi connectivity index (χ0) is 13.6. The molecule has 0 aliphatic carbocycles. The summed E-state index contributed by atoms with van der Waals surface area (Å²) >= 11 is 0. The molecule has 0 aromatic heterocycles. The molecule has 4 unspecified atom stereocenters. The predicted molar refractivity (Wildman–Crippen MR) is 65.3 cm³/mol. The second-order valence-corrected chi connectivity index (χ2v) is 5.51. The topological polar surface area (TPSA) is 55.5 Å². The number of hydrogen-bond donors (Lipinski definition) is 2. The van der Waals surface area contributed by atoms with Crippen LogP contribution in [0.25, 0.3) is 0 Å². The van der Waals surface area contributed by atoms with E-state index in [1.54, 1.807) is 0 Å². The molecule has 1 aromatic rings. The van der Waals surface area contributed by atoms with Gasteiger partial charge in [0.1, 0.15) is 0 Å². The summed E-state index contributed by atoms with van der Waals surface area (Å²) in [6.07, 6.45) is 1.15. The SMILES string of the molecule is NCC1(C(O)c2cccc(F)c2F)CC2CCC1O2. The smallest absolute Gasteiger partial charge is 0.164 e. The highest BCUT2D eigenvalue weighted by atomic mass is 19.2. The number of aliphatic hydroxyl groups is 1. The van der Waals surface area contributed by atoms with Gasteiger partial charge in [-0.3, -0.25) is 0 Å². The van der Waals surface area contributed by atoms with Crippen LogP contribution in [0.2, 0.25) is 0 Å². The normalized spacial score (nSPS) is 34.7. The molecule has 2 aliphatic rings. The minimum absolute atomic E-state index is 0.0263. The molecular formula is C14H17F2NO2. The Morgan fingerprint density at radius 1 is 1.42 bits per heavy atom. The van der Waals surface area contributed by atoms with Crippen LogP contribution in [-0.4, -0.2) is 23.9 Å². The van der Waals surface area contributed by atoms with Gasteiger partial charge in [0.05, 0.1) is 18.3 Å². The molecule has 0 spiro atoms. The Balaban J connectivity index is 1.98. The van der Waals surface area contributed by atoms with Gasteiger partial charge in [0.15, 0.2) is 11.6 Å². The molecule has 3 nitrogen and oxygen atoms in total. The lowest BCUT2D eigenvalue weighted by Gasteiger charge is -2.38. The van der Waals surface area contributed by atoms with E-state index in [1.807, 2.05) is 0 Å². The second-order valence-electron chi connectivity index (χ2n) is 5.51. The van der Waals surface area contributed by atoms with E-state index in [0.29, 0.717) is 6.42 Å².